The molecule has 0 N–H and O–H groups in total. The fraction of sp³-hybridized carbons (Fsp3) is 0.0714. The van der Waals surface area contributed by atoms with Gasteiger partial charge in [0.1, 0.15) is 5.82 Å². The molecule has 19 heavy (non-hydrogen) atoms. The van der Waals surface area contributed by atoms with Gasteiger partial charge < -0.3 is 0 Å². The van der Waals surface area contributed by atoms with Crippen molar-refractivity contribution in [2.24, 2.45) is 0 Å². The molecule has 0 aromatic heterocycles. The zero-order valence-electron chi connectivity index (χ0n) is 9.50. The van der Waals surface area contributed by atoms with Crippen LogP contribution in [0.25, 0.3) is 11.1 Å². The fourth-order valence-corrected chi connectivity index (χ4v) is 1.79. The molecule has 0 atom stereocenters. The largest absolute Gasteiger partial charge is 0.417 e. The molecule has 0 saturated heterocycles. The highest BCUT2D eigenvalue weighted by Crippen LogP contribution is 2.37. The molecule has 2 aromatic carbocycles. The summed E-state index contributed by atoms with van der Waals surface area (Å²) in [5, 5.41) is 8.72. The van der Waals surface area contributed by atoms with Crippen LogP contribution in [-0.2, 0) is 6.18 Å². The summed E-state index contributed by atoms with van der Waals surface area (Å²) in [5.41, 5.74) is -0.994. The van der Waals surface area contributed by atoms with Crippen molar-refractivity contribution in [3.63, 3.8) is 0 Å². The zero-order chi connectivity index (χ0) is 14.0. The highest BCUT2D eigenvalue weighted by molar-refractivity contribution is 5.69. The first-order valence-corrected chi connectivity index (χ1v) is 5.29. The summed E-state index contributed by atoms with van der Waals surface area (Å²) >= 11 is 0. The zero-order valence-corrected chi connectivity index (χ0v) is 9.50. The molecule has 0 saturated carbocycles. The van der Waals surface area contributed by atoms with Crippen LogP contribution in [0.15, 0.2) is 42.5 Å². The van der Waals surface area contributed by atoms with E-state index in [-0.39, 0.29) is 16.7 Å². The Hall–Kier alpha value is -2.35. The van der Waals surface area contributed by atoms with Crippen molar-refractivity contribution in [3.05, 3.63) is 59.4 Å². The summed E-state index contributed by atoms with van der Waals surface area (Å²) in [7, 11) is 0. The van der Waals surface area contributed by atoms with Gasteiger partial charge in [-0.3, -0.25) is 0 Å². The molecule has 1 nitrogen and oxygen atoms in total. The average Bonchev–Trinajstić information content (AvgIpc) is 2.37. The van der Waals surface area contributed by atoms with Crippen LogP contribution in [0.2, 0.25) is 0 Å². The number of rotatable bonds is 1. The van der Waals surface area contributed by atoms with Crippen LogP contribution >= 0.6 is 0 Å². The van der Waals surface area contributed by atoms with E-state index in [9.17, 15) is 17.6 Å². The maximum atomic E-state index is 13.3. The summed E-state index contributed by atoms with van der Waals surface area (Å²) < 4.78 is 51.9. The predicted molar refractivity (Wildman–Crippen MR) is 61.6 cm³/mol. The Balaban J connectivity index is 2.67. The lowest BCUT2D eigenvalue weighted by atomic mass is 9.98. The van der Waals surface area contributed by atoms with E-state index in [4.69, 9.17) is 5.26 Å². The van der Waals surface area contributed by atoms with Crippen LogP contribution in [0.5, 0.6) is 0 Å². The second-order valence-corrected chi connectivity index (χ2v) is 3.88. The van der Waals surface area contributed by atoms with Gasteiger partial charge in [-0.05, 0) is 35.4 Å². The van der Waals surface area contributed by atoms with E-state index >= 15 is 0 Å². The third kappa shape index (κ3) is 2.74. The first-order valence-electron chi connectivity index (χ1n) is 5.29. The quantitative estimate of drug-likeness (QED) is 0.702. The first-order chi connectivity index (χ1) is 8.91. The Morgan fingerprint density at radius 3 is 2.32 bits per heavy atom. The SMILES string of the molecule is N#Cc1cc(F)cc(-c2ccccc2C(F)(F)F)c1. The molecule has 0 unspecified atom stereocenters. The van der Waals surface area contributed by atoms with Gasteiger partial charge in [0.25, 0.3) is 0 Å². The second-order valence-electron chi connectivity index (χ2n) is 3.88. The molecule has 0 fully saturated rings. The van der Waals surface area contributed by atoms with E-state index in [1.165, 1.54) is 24.3 Å². The maximum absolute atomic E-state index is 13.3. The summed E-state index contributed by atoms with van der Waals surface area (Å²) in [6.45, 7) is 0. The predicted octanol–water partition coefficient (Wildman–Crippen LogP) is 4.38. The lowest BCUT2D eigenvalue weighted by Gasteiger charge is -2.13. The normalized spacial score (nSPS) is 11.1. The Morgan fingerprint density at radius 2 is 1.68 bits per heavy atom. The van der Waals surface area contributed by atoms with Gasteiger partial charge >= 0.3 is 6.18 Å². The Kier molecular flexibility index (Phi) is 3.26. The van der Waals surface area contributed by atoms with Gasteiger partial charge in [-0.25, -0.2) is 4.39 Å². The minimum atomic E-state index is -4.53. The van der Waals surface area contributed by atoms with Gasteiger partial charge in [0.2, 0.25) is 0 Å². The van der Waals surface area contributed by atoms with Gasteiger partial charge in [-0.1, -0.05) is 18.2 Å². The maximum Gasteiger partial charge on any atom is 0.417 e. The lowest BCUT2D eigenvalue weighted by Crippen LogP contribution is -2.07. The molecule has 0 bridgehead atoms. The van der Waals surface area contributed by atoms with Crippen molar-refractivity contribution in [1.82, 2.24) is 0 Å². The summed E-state index contributed by atoms with van der Waals surface area (Å²) in [6.07, 6.45) is -4.53. The van der Waals surface area contributed by atoms with E-state index in [0.717, 1.165) is 18.2 Å². The van der Waals surface area contributed by atoms with E-state index in [0.29, 0.717) is 0 Å². The molecule has 0 aliphatic carbocycles. The second kappa shape index (κ2) is 4.73. The highest BCUT2D eigenvalue weighted by Gasteiger charge is 2.33. The number of nitrogens with zero attached hydrogens (tertiary/aromatic N) is 1. The van der Waals surface area contributed by atoms with Crippen LogP contribution in [0.3, 0.4) is 0 Å². The molecule has 0 heterocycles. The monoisotopic (exact) mass is 265 g/mol. The minimum absolute atomic E-state index is 0.0213. The molecular weight excluding hydrogens is 258 g/mol. The molecule has 2 aromatic rings. The van der Waals surface area contributed by atoms with Crippen LogP contribution in [0, 0.1) is 17.1 Å². The summed E-state index contributed by atoms with van der Waals surface area (Å²) in [6, 6.07) is 9.76. The molecule has 96 valence electrons. The van der Waals surface area contributed by atoms with Crippen molar-refractivity contribution in [2.75, 3.05) is 0 Å². The smallest absolute Gasteiger partial charge is 0.207 e. The number of hydrogen-bond donors (Lipinski definition) is 0. The van der Waals surface area contributed by atoms with E-state index in [2.05, 4.69) is 0 Å². The van der Waals surface area contributed by atoms with Crippen molar-refractivity contribution < 1.29 is 17.6 Å². The number of hydrogen-bond acceptors (Lipinski definition) is 1. The lowest BCUT2D eigenvalue weighted by molar-refractivity contribution is -0.137. The van der Waals surface area contributed by atoms with Gasteiger partial charge in [0.15, 0.2) is 0 Å². The van der Waals surface area contributed by atoms with E-state index < -0.39 is 17.6 Å². The standard InChI is InChI=1S/C14H7F4N/c15-11-6-9(8-19)5-10(7-11)12-3-1-2-4-13(12)14(16,17)18/h1-7H. The summed E-state index contributed by atoms with van der Waals surface area (Å²) in [4.78, 5) is 0. The average molecular weight is 265 g/mol. The number of alkyl halides is 3. The van der Waals surface area contributed by atoms with Crippen LogP contribution in [0.1, 0.15) is 11.1 Å². The van der Waals surface area contributed by atoms with Crippen molar-refractivity contribution in [2.45, 2.75) is 6.18 Å². The minimum Gasteiger partial charge on any atom is -0.207 e. The van der Waals surface area contributed by atoms with Crippen LogP contribution in [-0.4, -0.2) is 0 Å². The topological polar surface area (TPSA) is 23.8 Å². The van der Waals surface area contributed by atoms with Crippen molar-refractivity contribution in [3.8, 4) is 17.2 Å². The van der Waals surface area contributed by atoms with Crippen LogP contribution in [0.4, 0.5) is 17.6 Å². The number of halogens is 4. The molecular formula is C14H7F4N. The Labute approximate surface area is 106 Å². The Morgan fingerprint density at radius 1 is 1.00 bits per heavy atom. The third-order valence-electron chi connectivity index (χ3n) is 2.57. The molecule has 2 rings (SSSR count). The molecule has 0 spiro atoms. The molecule has 5 heteroatoms. The van der Waals surface area contributed by atoms with Gasteiger partial charge in [-0.2, -0.15) is 18.4 Å². The van der Waals surface area contributed by atoms with Gasteiger partial charge in [-0.15, -0.1) is 0 Å². The molecule has 0 aliphatic rings. The highest BCUT2D eigenvalue weighted by atomic mass is 19.4. The van der Waals surface area contributed by atoms with Gasteiger partial charge in [0, 0.05) is 0 Å². The molecule has 0 aliphatic heterocycles. The van der Waals surface area contributed by atoms with Crippen molar-refractivity contribution >= 4 is 0 Å². The fourth-order valence-electron chi connectivity index (χ4n) is 1.79. The summed E-state index contributed by atoms with van der Waals surface area (Å²) in [5.74, 6) is -0.744. The Bertz CT molecular complexity index is 653. The van der Waals surface area contributed by atoms with Crippen LogP contribution < -0.4 is 0 Å². The van der Waals surface area contributed by atoms with E-state index in [1.54, 1.807) is 6.07 Å². The molecule has 0 amide bonds. The first kappa shape index (κ1) is 13.1. The number of benzene rings is 2. The van der Waals surface area contributed by atoms with Gasteiger partial charge in [0.05, 0.1) is 17.2 Å². The number of nitriles is 1. The van der Waals surface area contributed by atoms with E-state index in [1.807, 2.05) is 0 Å². The molecule has 0 radical (unpaired) electrons. The third-order valence-corrected chi connectivity index (χ3v) is 2.57. The van der Waals surface area contributed by atoms with Crippen molar-refractivity contribution in [1.29, 1.82) is 5.26 Å².